The smallest absolute Gasteiger partial charge is 0.295 e. The van der Waals surface area contributed by atoms with E-state index in [-0.39, 0.29) is 4.90 Å². The Bertz CT molecular complexity index is 784. The van der Waals surface area contributed by atoms with Crippen LogP contribution in [-0.4, -0.2) is 19.8 Å². The molecule has 0 saturated heterocycles. The van der Waals surface area contributed by atoms with E-state index in [1.165, 1.54) is 44.9 Å². The van der Waals surface area contributed by atoms with Gasteiger partial charge in [-0.2, -0.15) is 8.42 Å². The Hall–Kier alpha value is -1.72. The first-order valence-corrected chi connectivity index (χ1v) is 11.2. The summed E-state index contributed by atoms with van der Waals surface area (Å²) in [5, 5.41) is 1.45. The van der Waals surface area contributed by atoms with Crippen LogP contribution in [0.1, 0.15) is 70.3 Å². The van der Waals surface area contributed by atoms with E-state index < -0.39 is 10.1 Å². The van der Waals surface area contributed by atoms with Crippen LogP contribution in [0.25, 0.3) is 10.8 Å². The third-order valence-electron chi connectivity index (χ3n) is 4.77. The molecule has 0 aliphatic carbocycles. The molecule has 2 rings (SSSR count). The zero-order valence-electron chi connectivity index (χ0n) is 16.3. The molecule has 0 radical (unpaired) electrons. The van der Waals surface area contributed by atoms with Crippen LogP contribution in [0.3, 0.4) is 0 Å². The SMILES string of the molecule is C=O.CCCCCCCCCCCc1ccc2ccccc2c1S(=O)(=O)O. The summed E-state index contributed by atoms with van der Waals surface area (Å²) in [6.07, 6.45) is 11.8. The van der Waals surface area contributed by atoms with Crippen molar-refractivity contribution in [2.75, 3.05) is 0 Å². The number of unbranched alkanes of at least 4 members (excludes halogenated alkanes) is 8. The van der Waals surface area contributed by atoms with Crippen molar-refractivity contribution in [2.45, 2.75) is 76.0 Å². The number of aryl methyl sites for hydroxylation is 1. The van der Waals surface area contributed by atoms with Gasteiger partial charge in [0.25, 0.3) is 10.1 Å². The lowest BCUT2D eigenvalue weighted by Gasteiger charge is -2.11. The fourth-order valence-corrected chi connectivity index (χ4v) is 4.38. The van der Waals surface area contributed by atoms with E-state index in [4.69, 9.17) is 4.79 Å². The summed E-state index contributed by atoms with van der Waals surface area (Å²) in [5.41, 5.74) is 0.726. The highest BCUT2D eigenvalue weighted by atomic mass is 32.2. The summed E-state index contributed by atoms with van der Waals surface area (Å²) >= 11 is 0. The molecule has 2 aromatic carbocycles. The van der Waals surface area contributed by atoms with Crippen molar-refractivity contribution in [2.24, 2.45) is 0 Å². The van der Waals surface area contributed by atoms with E-state index in [2.05, 4.69) is 6.92 Å². The van der Waals surface area contributed by atoms with Gasteiger partial charge in [0.05, 0.1) is 0 Å². The largest absolute Gasteiger partial charge is 0.307 e. The molecule has 0 amide bonds. The Kier molecular flexibility index (Phi) is 10.9. The fourth-order valence-electron chi connectivity index (χ4n) is 3.42. The standard InChI is InChI=1S/C21H30O3S.CH2O/c1-2-3-4-5-6-7-8-9-10-14-19-17-16-18-13-11-12-15-20(18)21(19)25(22,23)24;1-2/h11-13,15-17H,2-10,14H2,1H3,(H,22,23,24);1H2. The average molecular weight is 393 g/mol. The van der Waals surface area contributed by atoms with Crippen LogP contribution in [0.4, 0.5) is 0 Å². The summed E-state index contributed by atoms with van der Waals surface area (Å²) in [7, 11) is -4.22. The third kappa shape index (κ3) is 7.81. The number of fused-ring (bicyclic) bond motifs is 1. The fraction of sp³-hybridized carbons (Fsp3) is 0.500. The number of rotatable bonds is 11. The summed E-state index contributed by atoms with van der Waals surface area (Å²) in [5.74, 6) is 0. The Labute approximate surface area is 163 Å². The monoisotopic (exact) mass is 392 g/mol. The van der Waals surface area contributed by atoms with Gasteiger partial charge in [-0.25, -0.2) is 0 Å². The molecule has 5 heteroatoms. The molecule has 27 heavy (non-hydrogen) atoms. The van der Waals surface area contributed by atoms with Gasteiger partial charge in [0, 0.05) is 5.39 Å². The quantitative estimate of drug-likeness (QED) is 0.377. The summed E-state index contributed by atoms with van der Waals surface area (Å²) in [6.45, 7) is 4.23. The van der Waals surface area contributed by atoms with Crippen molar-refractivity contribution >= 4 is 27.7 Å². The van der Waals surface area contributed by atoms with Gasteiger partial charge in [-0.05, 0) is 23.8 Å². The van der Waals surface area contributed by atoms with Crippen LogP contribution in [0.2, 0.25) is 0 Å². The van der Waals surface area contributed by atoms with Crippen molar-refractivity contribution in [1.82, 2.24) is 0 Å². The minimum Gasteiger partial charge on any atom is -0.307 e. The number of benzene rings is 2. The molecule has 0 aromatic heterocycles. The number of hydrogen-bond donors (Lipinski definition) is 1. The van der Waals surface area contributed by atoms with Crippen LogP contribution >= 0.6 is 0 Å². The topological polar surface area (TPSA) is 71.4 Å². The average Bonchev–Trinajstić information content (AvgIpc) is 2.67. The van der Waals surface area contributed by atoms with Gasteiger partial charge in [-0.3, -0.25) is 4.55 Å². The Morgan fingerprint density at radius 3 is 1.96 bits per heavy atom. The minimum absolute atomic E-state index is 0.0881. The maximum Gasteiger partial charge on any atom is 0.295 e. The molecule has 0 aliphatic rings. The van der Waals surface area contributed by atoms with Crippen LogP contribution in [0, 0.1) is 0 Å². The van der Waals surface area contributed by atoms with Gasteiger partial charge < -0.3 is 4.79 Å². The maximum atomic E-state index is 11.9. The van der Waals surface area contributed by atoms with E-state index >= 15 is 0 Å². The van der Waals surface area contributed by atoms with Crippen LogP contribution in [-0.2, 0) is 21.3 Å². The van der Waals surface area contributed by atoms with Gasteiger partial charge in [-0.1, -0.05) is 94.7 Å². The summed E-state index contributed by atoms with van der Waals surface area (Å²) < 4.78 is 33.5. The molecule has 0 heterocycles. The molecule has 0 fully saturated rings. The van der Waals surface area contributed by atoms with Crippen molar-refractivity contribution in [1.29, 1.82) is 0 Å². The second kappa shape index (κ2) is 12.6. The predicted octanol–water partition coefficient (Wildman–Crippen LogP) is 5.97. The highest BCUT2D eigenvalue weighted by molar-refractivity contribution is 7.86. The Balaban J connectivity index is 0.00000176. The molecule has 0 saturated carbocycles. The van der Waals surface area contributed by atoms with E-state index in [1.54, 1.807) is 12.1 Å². The van der Waals surface area contributed by atoms with Crippen molar-refractivity contribution < 1.29 is 17.8 Å². The number of carbonyl (C=O) groups is 1. The summed E-state index contributed by atoms with van der Waals surface area (Å²) in [4.78, 5) is 8.09. The first kappa shape index (κ1) is 23.3. The Morgan fingerprint density at radius 2 is 1.37 bits per heavy atom. The van der Waals surface area contributed by atoms with Gasteiger partial charge in [-0.15, -0.1) is 0 Å². The normalized spacial score (nSPS) is 11.2. The van der Waals surface area contributed by atoms with Gasteiger partial charge in [0.2, 0.25) is 0 Å². The highest BCUT2D eigenvalue weighted by Gasteiger charge is 2.18. The molecule has 2 aromatic rings. The van der Waals surface area contributed by atoms with Crippen molar-refractivity contribution in [3.8, 4) is 0 Å². The molecule has 0 aliphatic heterocycles. The van der Waals surface area contributed by atoms with Gasteiger partial charge in [0.15, 0.2) is 0 Å². The minimum atomic E-state index is -4.22. The van der Waals surface area contributed by atoms with Crippen LogP contribution < -0.4 is 0 Å². The molecule has 150 valence electrons. The molecule has 0 bridgehead atoms. The van der Waals surface area contributed by atoms with Gasteiger partial charge in [0.1, 0.15) is 11.7 Å². The second-order valence-electron chi connectivity index (χ2n) is 6.83. The molecular formula is C22H32O4S. The molecule has 0 unspecified atom stereocenters. The lowest BCUT2D eigenvalue weighted by Crippen LogP contribution is -2.04. The van der Waals surface area contributed by atoms with Crippen molar-refractivity contribution in [3.05, 3.63) is 42.0 Å². The van der Waals surface area contributed by atoms with E-state index in [9.17, 15) is 13.0 Å². The zero-order valence-corrected chi connectivity index (χ0v) is 17.1. The number of hydrogen-bond acceptors (Lipinski definition) is 3. The third-order valence-corrected chi connectivity index (χ3v) is 5.77. The second-order valence-corrected chi connectivity index (χ2v) is 8.19. The zero-order chi connectivity index (χ0) is 20.1. The van der Waals surface area contributed by atoms with Crippen molar-refractivity contribution in [3.63, 3.8) is 0 Å². The lowest BCUT2D eigenvalue weighted by molar-refractivity contribution is -0.0980. The van der Waals surface area contributed by atoms with Crippen LogP contribution in [0.15, 0.2) is 41.3 Å². The predicted molar refractivity (Wildman–Crippen MR) is 112 cm³/mol. The lowest BCUT2D eigenvalue weighted by atomic mass is 10.0. The maximum absolute atomic E-state index is 11.9. The van der Waals surface area contributed by atoms with E-state index in [0.717, 1.165) is 23.8 Å². The Morgan fingerprint density at radius 1 is 0.815 bits per heavy atom. The molecule has 1 N–H and O–H groups in total. The van der Waals surface area contributed by atoms with Crippen LogP contribution in [0.5, 0.6) is 0 Å². The first-order chi connectivity index (χ1) is 13.0. The first-order valence-electron chi connectivity index (χ1n) is 9.81. The molecule has 0 spiro atoms. The number of carbonyl (C=O) groups excluding carboxylic acids is 1. The summed E-state index contributed by atoms with van der Waals surface area (Å²) in [6, 6.07) is 11.1. The van der Waals surface area contributed by atoms with E-state index in [1.807, 2.05) is 31.1 Å². The molecular weight excluding hydrogens is 360 g/mol. The highest BCUT2D eigenvalue weighted by Crippen LogP contribution is 2.28. The molecule has 4 nitrogen and oxygen atoms in total. The van der Waals surface area contributed by atoms with E-state index in [0.29, 0.717) is 11.8 Å². The van der Waals surface area contributed by atoms with Gasteiger partial charge >= 0.3 is 0 Å². The molecule has 0 atom stereocenters.